The number of aromatic nitrogens is 4. The van der Waals surface area contributed by atoms with Crippen LogP contribution in [-0.2, 0) is 22.7 Å². The van der Waals surface area contributed by atoms with E-state index >= 15 is 0 Å². The lowest BCUT2D eigenvalue weighted by atomic mass is 10.0. The summed E-state index contributed by atoms with van der Waals surface area (Å²) in [6, 6.07) is 36.0. The van der Waals surface area contributed by atoms with Crippen molar-refractivity contribution in [2.24, 2.45) is 0 Å². The van der Waals surface area contributed by atoms with E-state index in [1.54, 1.807) is 0 Å². The van der Waals surface area contributed by atoms with Crippen LogP contribution >= 0.6 is 0 Å². The molecule has 0 radical (unpaired) electrons. The van der Waals surface area contributed by atoms with E-state index in [9.17, 15) is 9.59 Å². The number of imidazole rings is 2. The fraction of sp³-hybridized carbons (Fsp3) is 0.304. The fourth-order valence-corrected chi connectivity index (χ4v) is 7.24. The van der Waals surface area contributed by atoms with Gasteiger partial charge in [-0.2, -0.15) is 0 Å². The van der Waals surface area contributed by atoms with Gasteiger partial charge in [0.15, 0.2) is 0 Å². The van der Waals surface area contributed by atoms with Crippen LogP contribution in [0.1, 0.15) is 61.5 Å². The molecule has 0 aliphatic heterocycles. The van der Waals surface area contributed by atoms with Crippen molar-refractivity contribution in [3.05, 3.63) is 144 Å². The minimum absolute atomic E-state index is 0.0623. The number of carbonyl (C=O) groups is 2. The molecule has 10 nitrogen and oxygen atoms in total. The van der Waals surface area contributed by atoms with Crippen LogP contribution in [0.4, 0.5) is 0 Å². The van der Waals surface area contributed by atoms with Crippen LogP contribution < -0.4 is 0 Å². The molecule has 0 saturated carbocycles. The van der Waals surface area contributed by atoms with Crippen LogP contribution in [-0.4, -0.2) is 92.6 Å². The zero-order valence-electron chi connectivity index (χ0n) is 33.4. The Kier molecular flexibility index (Phi) is 13.3. The first-order valence-electron chi connectivity index (χ1n) is 19.5. The number of H-pyrrole nitrogens is 2. The summed E-state index contributed by atoms with van der Waals surface area (Å²) in [5.74, 6) is 1.63. The van der Waals surface area contributed by atoms with Gasteiger partial charge in [-0.1, -0.05) is 123 Å². The first kappa shape index (κ1) is 39.8. The number of carbonyl (C=O) groups excluding carboxylic acids is 2. The Bertz CT molecular complexity index is 1990. The number of amides is 2. The van der Waals surface area contributed by atoms with Crippen molar-refractivity contribution in [3.8, 4) is 33.6 Å². The highest BCUT2D eigenvalue weighted by Gasteiger charge is 2.29. The minimum atomic E-state index is -0.365. The SMILES string of the molecule is CCCN(Cc1ncc(-c2ccc(-c3ccc(-c4cnc(CN(CCC)C(=O)[C@@H](c5ccccc5)N(C)C)[nH]4)cc3)cc2)[nH]1)C(=O)C(c1ccccc1)N(C)C. The maximum Gasteiger partial charge on any atom is 0.244 e. The highest BCUT2D eigenvalue weighted by atomic mass is 16.2. The number of hydrogen-bond acceptors (Lipinski definition) is 6. The van der Waals surface area contributed by atoms with Crippen molar-refractivity contribution in [1.29, 1.82) is 0 Å². The predicted octanol–water partition coefficient (Wildman–Crippen LogP) is 8.22. The van der Waals surface area contributed by atoms with Gasteiger partial charge in [0.2, 0.25) is 11.8 Å². The summed E-state index contributed by atoms with van der Waals surface area (Å²) in [4.78, 5) is 51.6. The van der Waals surface area contributed by atoms with Gasteiger partial charge in [0.05, 0.1) is 36.9 Å². The van der Waals surface area contributed by atoms with Gasteiger partial charge in [-0.25, -0.2) is 9.97 Å². The molecule has 0 fully saturated rings. The molecule has 290 valence electrons. The van der Waals surface area contributed by atoms with E-state index in [1.165, 1.54) is 0 Å². The minimum Gasteiger partial charge on any atom is -0.341 e. The number of aromatic amines is 2. The summed E-state index contributed by atoms with van der Waals surface area (Å²) in [5.41, 5.74) is 8.01. The Morgan fingerprint density at radius 2 is 0.857 bits per heavy atom. The summed E-state index contributed by atoms with van der Waals surface area (Å²) in [7, 11) is 7.78. The molecule has 0 aliphatic rings. The van der Waals surface area contributed by atoms with E-state index in [0.717, 1.165) is 69.3 Å². The third-order valence-electron chi connectivity index (χ3n) is 10.0. The van der Waals surface area contributed by atoms with E-state index in [1.807, 2.05) is 121 Å². The second-order valence-corrected chi connectivity index (χ2v) is 14.7. The molecule has 56 heavy (non-hydrogen) atoms. The number of benzene rings is 4. The van der Waals surface area contributed by atoms with E-state index in [2.05, 4.69) is 82.3 Å². The molecule has 2 N–H and O–H groups in total. The Morgan fingerprint density at radius 3 is 1.18 bits per heavy atom. The normalized spacial score (nSPS) is 12.5. The number of nitrogens with one attached hydrogen (secondary N) is 2. The largest absolute Gasteiger partial charge is 0.341 e. The number of rotatable bonds is 17. The molecule has 2 aromatic heterocycles. The molecule has 1 unspecified atom stereocenters. The van der Waals surface area contributed by atoms with Gasteiger partial charge < -0.3 is 19.8 Å². The van der Waals surface area contributed by atoms with Crippen LogP contribution in [0, 0.1) is 0 Å². The van der Waals surface area contributed by atoms with Crippen LogP contribution in [0.25, 0.3) is 33.6 Å². The van der Waals surface area contributed by atoms with Gasteiger partial charge in [-0.15, -0.1) is 0 Å². The van der Waals surface area contributed by atoms with Gasteiger partial charge >= 0.3 is 0 Å². The molecule has 6 rings (SSSR count). The molecule has 2 atom stereocenters. The molecular weight excluding hydrogens is 697 g/mol. The fourth-order valence-electron chi connectivity index (χ4n) is 7.24. The van der Waals surface area contributed by atoms with E-state index in [0.29, 0.717) is 26.2 Å². The highest BCUT2D eigenvalue weighted by Crippen LogP contribution is 2.28. The quantitative estimate of drug-likeness (QED) is 0.0974. The average molecular weight is 751 g/mol. The summed E-state index contributed by atoms with van der Waals surface area (Å²) >= 11 is 0. The number of nitrogens with zero attached hydrogens (tertiary/aromatic N) is 6. The van der Waals surface area contributed by atoms with Gasteiger partial charge in [-0.3, -0.25) is 19.4 Å². The predicted molar refractivity (Wildman–Crippen MR) is 224 cm³/mol. The Morgan fingerprint density at radius 1 is 0.518 bits per heavy atom. The van der Waals surface area contributed by atoms with Crippen molar-refractivity contribution in [2.45, 2.75) is 51.9 Å². The molecule has 0 saturated heterocycles. The van der Waals surface area contributed by atoms with E-state index < -0.39 is 0 Å². The molecule has 0 aliphatic carbocycles. The lowest BCUT2D eigenvalue weighted by molar-refractivity contribution is -0.138. The monoisotopic (exact) mass is 750 g/mol. The molecule has 0 bridgehead atoms. The zero-order valence-corrected chi connectivity index (χ0v) is 33.4. The lowest BCUT2D eigenvalue weighted by Gasteiger charge is -2.30. The molecule has 2 amide bonds. The molecule has 4 aromatic carbocycles. The maximum absolute atomic E-state index is 13.8. The van der Waals surface area contributed by atoms with Crippen molar-refractivity contribution >= 4 is 11.8 Å². The lowest BCUT2D eigenvalue weighted by Crippen LogP contribution is -2.40. The zero-order chi connectivity index (χ0) is 39.6. The molecule has 2 heterocycles. The van der Waals surface area contributed by atoms with Gasteiger partial charge in [0.25, 0.3) is 0 Å². The maximum atomic E-state index is 13.8. The smallest absolute Gasteiger partial charge is 0.244 e. The summed E-state index contributed by atoms with van der Waals surface area (Å²) in [6.07, 6.45) is 5.39. The van der Waals surface area contributed by atoms with Gasteiger partial charge in [-0.05, 0) is 74.4 Å². The number of likely N-dealkylation sites (N-methyl/N-ethyl adjacent to an activating group) is 2. The van der Waals surface area contributed by atoms with Crippen molar-refractivity contribution in [3.63, 3.8) is 0 Å². The summed E-state index contributed by atoms with van der Waals surface area (Å²) in [5, 5.41) is 0. The molecule has 0 spiro atoms. The Balaban J connectivity index is 1.10. The van der Waals surface area contributed by atoms with Gasteiger partial charge in [0.1, 0.15) is 23.7 Å². The summed E-state index contributed by atoms with van der Waals surface area (Å²) in [6.45, 7) is 6.28. The van der Waals surface area contributed by atoms with Crippen molar-refractivity contribution < 1.29 is 9.59 Å². The van der Waals surface area contributed by atoms with Crippen molar-refractivity contribution in [2.75, 3.05) is 41.3 Å². The summed E-state index contributed by atoms with van der Waals surface area (Å²) < 4.78 is 0. The number of hydrogen-bond donors (Lipinski definition) is 2. The van der Waals surface area contributed by atoms with Crippen LogP contribution in [0.5, 0.6) is 0 Å². The molecular formula is C46H54N8O2. The first-order valence-corrected chi connectivity index (χ1v) is 19.5. The second-order valence-electron chi connectivity index (χ2n) is 14.7. The standard InChI is InChI=1S/C46H54N8O2/c1-7-27-53(45(55)43(51(3)4)37-15-11-9-12-16-37)31-41-47-29-39(49-41)35-23-19-33(20-24-35)34-21-25-36(26-22-34)40-30-48-42(50-40)32-54(28-8-2)46(56)44(52(5)6)38-17-13-10-14-18-38/h9-26,29-30,43-44H,7-8,27-28,31-32H2,1-6H3,(H,47,49)(H,48,50)/t43-,44?/m1/s1. The Hall–Kier alpha value is -5.84. The third-order valence-corrected chi connectivity index (χ3v) is 10.0. The average Bonchev–Trinajstić information content (AvgIpc) is 3.88. The third kappa shape index (κ3) is 9.50. The topological polar surface area (TPSA) is 104 Å². The highest BCUT2D eigenvalue weighted by molar-refractivity contribution is 5.84. The second kappa shape index (κ2) is 18.7. The first-order chi connectivity index (χ1) is 27.2. The van der Waals surface area contributed by atoms with Gasteiger partial charge in [0, 0.05) is 13.1 Å². The van der Waals surface area contributed by atoms with E-state index in [4.69, 9.17) is 0 Å². The van der Waals surface area contributed by atoms with Crippen LogP contribution in [0.2, 0.25) is 0 Å². The Labute approximate surface area is 331 Å². The van der Waals surface area contributed by atoms with E-state index in [-0.39, 0.29) is 23.9 Å². The van der Waals surface area contributed by atoms with Crippen molar-refractivity contribution in [1.82, 2.24) is 39.5 Å². The molecule has 10 heteroatoms. The van der Waals surface area contributed by atoms with Crippen LogP contribution in [0.3, 0.4) is 0 Å². The van der Waals surface area contributed by atoms with Crippen LogP contribution in [0.15, 0.2) is 122 Å². The molecule has 6 aromatic rings.